The smallest absolute Gasteiger partial charge is 0.326 e. The molecule has 2 aromatic rings. The monoisotopic (exact) mass is 775 g/mol. The Morgan fingerprint density at radius 1 is 0.764 bits per heavy atom. The summed E-state index contributed by atoms with van der Waals surface area (Å²) < 4.78 is 0. The lowest BCUT2D eigenvalue weighted by atomic mass is 10.0. The Bertz CT molecular complexity index is 1740. The predicted octanol–water partition coefficient (Wildman–Crippen LogP) is -3.54. The second-order valence-corrected chi connectivity index (χ2v) is 13.2. The van der Waals surface area contributed by atoms with Gasteiger partial charge in [0.15, 0.2) is 0 Å². The third kappa shape index (κ3) is 14.3. The van der Waals surface area contributed by atoms with Gasteiger partial charge in [-0.3, -0.25) is 38.4 Å². The maximum absolute atomic E-state index is 13.2. The molecule has 21 heteroatoms. The number of para-hydroxylation sites is 1. The van der Waals surface area contributed by atoms with Gasteiger partial charge in [-0.05, 0) is 44.2 Å². The van der Waals surface area contributed by atoms with Crippen molar-refractivity contribution in [3.8, 4) is 0 Å². The lowest BCUT2D eigenvalue weighted by molar-refractivity contribution is -0.147. The lowest BCUT2D eigenvalue weighted by Gasteiger charge is -2.26. The highest BCUT2D eigenvalue weighted by atomic mass is 16.4. The summed E-state index contributed by atoms with van der Waals surface area (Å²) >= 11 is 0. The highest BCUT2D eigenvalue weighted by molar-refractivity contribution is 5.97. The summed E-state index contributed by atoms with van der Waals surface area (Å²) in [5.41, 5.74) is 12.9. The molecule has 0 saturated heterocycles. The van der Waals surface area contributed by atoms with Gasteiger partial charge in [-0.2, -0.15) is 0 Å². The molecular formula is C34H49N9O12. The van der Waals surface area contributed by atoms with Gasteiger partial charge in [-0.1, -0.05) is 32.0 Å². The molecule has 0 aliphatic heterocycles. The topological polar surface area (TPSA) is 354 Å². The van der Waals surface area contributed by atoms with Crippen LogP contribution in [0.2, 0.25) is 0 Å². The summed E-state index contributed by atoms with van der Waals surface area (Å²) in [4.78, 5) is 114. The van der Waals surface area contributed by atoms with E-state index in [1.165, 1.54) is 13.8 Å². The number of benzene rings is 1. The van der Waals surface area contributed by atoms with E-state index in [1.54, 1.807) is 20.0 Å². The van der Waals surface area contributed by atoms with Crippen LogP contribution in [0, 0.1) is 5.92 Å². The number of aliphatic hydroxyl groups excluding tert-OH is 1. The Kier molecular flexibility index (Phi) is 17.2. The first kappa shape index (κ1) is 45.1. The van der Waals surface area contributed by atoms with Crippen LogP contribution in [0.25, 0.3) is 10.9 Å². The number of amides is 7. The first-order valence-electron chi connectivity index (χ1n) is 17.2. The van der Waals surface area contributed by atoms with Gasteiger partial charge in [-0.15, -0.1) is 0 Å². The molecule has 0 unspecified atom stereocenters. The fraction of sp³-hybridized carbons (Fsp3) is 0.500. The van der Waals surface area contributed by atoms with Gasteiger partial charge in [0.2, 0.25) is 41.4 Å². The molecule has 14 N–H and O–H groups in total. The molecule has 0 aliphatic carbocycles. The zero-order valence-electron chi connectivity index (χ0n) is 30.7. The Morgan fingerprint density at radius 3 is 1.98 bits per heavy atom. The predicted molar refractivity (Wildman–Crippen MR) is 193 cm³/mol. The number of nitrogens with one attached hydrogen (secondary N) is 7. The average molecular weight is 776 g/mol. The van der Waals surface area contributed by atoms with Crippen molar-refractivity contribution in [2.75, 3.05) is 6.54 Å². The second-order valence-electron chi connectivity index (χ2n) is 13.2. The number of primary amides is 1. The van der Waals surface area contributed by atoms with Crippen molar-refractivity contribution in [3.63, 3.8) is 0 Å². The third-order valence-corrected chi connectivity index (χ3v) is 8.26. The van der Waals surface area contributed by atoms with Crippen molar-refractivity contribution in [1.82, 2.24) is 36.9 Å². The van der Waals surface area contributed by atoms with Gasteiger partial charge in [0, 0.05) is 23.5 Å². The van der Waals surface area contributed by atoms with Crippen molar-refractivity contribution in [2.45, 2.75) is 95.7 Å². The maximum Gasteiger partial charge on any atom is 0.326 e. The van der Waals surface area contributed by atoms with Gasteiger partial charge < -0.3 is 63.7 Å². The molecule has 0 radical (unpaired) electrons. The number of hydrogen-bond donors (Lipinski definition) is 12. The highest BCUT2D eigenvalue weighted by Gasteiger charge is 2.32. The summed E-state index contributed by atoms with van der Waals surface area (Å²) in [6, 6.07) is -1.20. The van der Waals surface area contributed by atoms with Gasteiger partial charge in [-0.25, -0.2) is 4.79 Å². The van der Waals surface area contributed by atoms with Crippen molar-refractivity contribution in [1.29, 1.82) is 0 Å². The number of aromatic nitrogens is 1. The van der Waals surface area contributed by atoms with E-state index in [-0.39, 0.29) is 12.8 Å². The van der Waals surface area contributed by atoms with Crippen LogP contribution in [0.1, 0.15) is 52.5 Å². The van der Waals surface area contributed by atoms with Crippen LogP contribution in [-0.4, -0.2) is 122 Å². The van der Waals surface area contributed by atoms with Crippen LogP contribution >= 0.6 is 0 Å². The Labute approximate surface area is 315 Å². The molecule has 0 spiro atoms. The van der Waals surface area contributed by atoms with E-state index in [9.17, 15) is 53.4 Å². The van der Waals surface area contributed by atoms with Crippen molar-refractivity contribution < 1.29 is 58.5 Å². The minimum Gasteiger partial charge on any atom is -0.481 e. The molecule has 1 aromatic heterocycles. The van der Waals surface area contributed by atoms with Gasteiger partial charge in [0.05, 0.1) is 25.1 Å². The Hall–Kier alpha value is -6.09. The standard InChI is InChI=1S/C34H49N9O12/c1-15(2)27(33(53)39-16(3)29(49)40-22(9-10-24(36)45)31(51)41-23(34(54)55)12-26(47)48)42-25(46)14-38-32(52)28(17(4)44)43-30(50)20(35)11-18-13-37-21-8-6-5-7-19(18)21/h5-8,13,15-17,20,22-23,27-28,37,44H,9-12,14,35H2,1-4H3,(H2,36,45)(H,38,52)(H,39,53)(H,40,49)(H,41,51)(H,42,46)(H,43,50)(H,47,48)(H,54,55)/t16-,17+,20-,22-,23-,27-,28-/m0/s1. The number of hydrogen-bond acceptors (Lipinski definition) is 11. The Balaban J connectivity index is 1.99. The van der Waals surface area contributed by atoms with Crippen LogP contribution in [0.15, 0.2) is 30.5 Å². The average Bonchev–Trinajstić information content (AvgIpc) is 3.51. The summed E-state index contributed by atoms with van der Waals surface area (Å²) in [6.45, 7) is 4.96. The number of carboxylic acid groups (broad SMARTS) is 2. The van der Waals surface area contributed by atoms with E-state index in [0.29, 0.717) is 0 Å². The molecule has 0 saturated carbocycles. The maximum atomic E-state index is 13.2. The summed E-state index contributed by atoms with van der Waals surface area (Å²) in [5.74, 6) is -10.0. The van der Waals surface area contributed by atoms with Crippen LogP contribution < -0.4 is 43.4 Å². The lowest BCUT2D eigenvalue weighted by Crippen LogP contribution is -2.59. The van der Waals surface area contributed by atoms with Gasteiger partial charge >= 0.3 is 11.9 Å². The summed E-state index contributed by atoms with van der Waals surface area (Å²) in [6.07, 6.45) is -1.33. The number of carbonyl (C=O) groups excluding carboxylic acids is 7. The molecule has 0 fully saturated rings. The largest absolute Gasteiger partial charge is 0.481 e. The number of aromatic amines is 1. The number of aliphatic carboxylic acids is 2. The molecule has 7 atom stereocenters. The minimum atomic E-state index is -1.85. The number of fused-ring (bicyclic) bond motifs is 1. The van der Waals surface area contributed by atoms with Crippen molar-refractivity contribution in [3.05, 3.63) is 36.0 Å². The summed E-state index contributed by atoms with van der Waals surface area (Å²) in [5, 5.41) is 43.0. The molecule has 55 heavy (non-hydrogen) atoms. The van der Waals surface area contributed by atoms with Crippen molar-refractivity contribution >= 4 is 64.2 Å². The molecule has 21 nitrogen and oxygen atoms in total. The SMILES string of the molecule is CC(C)[C@H](NC(=O)CNC(=O)[C@@H](NC(=O)[C@@H](N)Cc1c[nH]c2ccccc12)[C@@H](C)O)C(=O)N[C@@H](C)C(=O)N[C@@H](CCC(N)=O)C(=O)N[C@@H](CC(=O)O)C(=O)O. The van der Waals surface area contributed by atoms with Crippen LogP contribution in [0.5, 0.6) is 0 Å². The van der Waals surface area contributed by atoms with E-state index in [2.05, 4.69) is 31.6 Å². The van der Waals surface area contributed by atoms with Crippen LogP contribution in [0.3, 0.4) is 0 Å². The molecule has 1 heterocycles. The molecule has 7 amide bonds. The molecular weight excluding hydrogens is 726 g/mol. The van der Waals surface area contributed by atoms with Gasteiger partial charge in [0.25, 0.3) is 0 Å². The second kappa shape index (κ2) is 21.0. The Morgan fingerprint density at radius 2 is 1.40 bits per heavy atom. The first-order valence-corrected chi connectivity index (χ1v) is 17.2. The number of rotatable bonds is 22. The molecule has 302 valence electrons. The zero-order valence-corrected chi connectivity index (χ0v) is 30.7. The van der Waals surface area contributed by atoms with E-state index < -0.39 is 121 Å². The fourth-order valence-electron chi connectivity index (χ4n) is 5.20. The number of carbonyl (C=O) groups is 9. The number of aliphatic hydroxyl groups is 1. The summed E-state index contributed by atoms with van der Waals surface area (Å²) in [7, 11) is 0. The minimum absolute atomic E-state index is 0.123. The van der Waals surface area contributed by atoms with E-state index in [4.69, 9.17) is 16.6 Å². The highest BCUT2D eigenvalue weighted by Crippen LogP contribution is 2.19. The molecule has 0 aliphatic rings. The zero-order chi connectivity index (χ0) is 41.6. The first-order chi connectivity index (χ1) is 25.7. The van der Waals surface area contributed by atoms with Crippen LogP contribution in [-0.2, 0) is 49.6 Å². The quantitative estimate of drug-likeness (QED) is 0.0552. The molecule has 2 rings (SSSR count). The fourth-order valence-corrected chi connectivity index (χ4v) is 5.20. The molecule has 1 aromatic carbocycles. The van der Waals surface area contributed by atoms with Crippen molar-refractivity contribution in [2.24, 2.45) is 17.4 Å². The molecule has 0 bridgehead atoms. The van der Waals surface area contributed by atoms with E-state index >= 15 is 0 Å². The van der Waals surface area contributed by atoms with E-state index in [0.717, 1.165) is 16.5 Å². The third-order valence-electron chi connectivity index (χ3n) is 8.26. The number of H-pyrrole nitrogens is 1. The van der Waals surface area contributed by atoms with Gasteiger partial charge in [0.1, 0.15) is 30.2 Å². The van der Waals surface area contributed by atoms with E-state index in [1.807, 2.05) is 29.6 Å². The normalized spacial score (nSPS) is 14.9. The van der Waals surface area contributed by atoms with Crippen LogP contribution in [0.4, 0.5) is 0 Å². The number of carboxylic acids is 2. The number of nitrogens with two attached hydrogens (primary N) is 2.